The van der Waals surface area contributed by atoms with E-state index in [0.29, 0.717) is 17.4 Å². The molecule has 0 aromatic carbocycles. The Balaban J connectivity index is 1.73. The monoisotopic (exact) mass is 263 g/mol. The summed E-state index contributed by atoms with van der Waals surface area (Å²) < 4.78 is 4.10. The van der Waals surface area contributed by atoms with Gasteiger partial charge in [-0.1, -0.05) is 0 Å². The van der Waals surface area contributed by atoms with Crippen LogP contribution in [0, 0.1) is 11.3 Å². The van der Waals surface area contributed by atoms with Crippen LogP contribution in [0.4, 0.5) is 10.8 Å². The van der Waals surface area contributed by atoms with Crippen molar-refractivity contribution in [3.8, 4) is 6.07 Å². The first kappa shape index (κ1) is 11.8. The maximum Gasteiger partial charge on any atom is 0.157 e. The highest BCUT2D eigenvalue weighted by atomic mass is 32.1. The lowest BCUT2D eigenvalue weighted by Gasteiger charge is -2.23. The normalized spacial score (nSPS) is 24.6. The van der Waals surface area contributed by atoms with Gasteiger partial charge in [0.25, 0.3) is 0 Å². The third-order valence-corrected chi connectivity index (χ3v) is 4.84. The molecule has 3 rings (SSSR count). The SMILES string of the molecule is N#Cc1c(N)nsc1N1CCC(N2CCCC2)C1. The van der Waals surface area contributed by atoms with Gasteiger partial charge in [-0.2, -0.15) is 9.64 Å². The molecule has 2 N–H and O–H groups in total. The summed E-state index contributed by atoms with van der Waals surface area (Å²) in [5, 5.41) is 10.1. The van der Waals surface area contributed by atoms with Crippen LogP contribution in [0.25, 0.3) is 0 Å². The molecule has 2 aliphatic heterocycles. The standard InChI is InChI=1S/C12H17N5S/c13-7-10-11(14)15-18-12(10)17-6-3-9(8-17)16-4-1-2-5-16/h9H,1-6,8H2,(H2,14,15). The van der Waals surface area contributed by atoms with Gasteiger partial charge in [-0.3, -0.25) is 4.90 Å². The van der Waals surface area contributed by atoms with Gasteiger partial charge in [0.05, 0.1) is 0 Å². The molecular weight excluding hydrogens is 246 g/mol. The molecule has 0 bridgehead atoms. The van der Waals surface area contributed by atoms with E-state index >= 15 is 0 Å². The second-order valence-electron chi connectivity index (χ2n) is 4.99. The molecule has 0 spiro atoms. The summed E-state index contributed by atoms with van der Waals surface area (Å²) in [5.74, 6) is 0.377. The molecule has 5 nitrogen and oxygen atoms in total. The average Bonchev–Trinajstić information content (AvgIpc) is 3.08. The van der Waals surface area contributed by atoms with Crippen molar-refractivity contribution in [3.63, 3.8) is 0 Å². The van der Waals surface area contributed by atoms with E-state index in [-0.39, 0.29) is 0 Å². The summed E-state index contributed by atoms with van der Waals surface area (Å²) >= 11 is 1.35. The predicted molar refractivity (Wildman–Crippen MR) is 72.7 cm³/mol. The maximum atomic E-state index is 9.13. The van der Waals surface area contributed by atoms with Crippen LogP contribution in [-0.4, -0.2) is 41.5 Å². The minimum absolute atomic E-state index is 0.377. The van der Waals surface area contributed by atoms with Crippen LogP contribution in [0.15, 0.2) is 0 Å². The summed E-state index contributed by atoms with van der Waals surface area (Å²) in [6.45, 7) is 4.48. The number of nitriles is 1. The average molecular weight is 263 g/mol. The smallest absolute Gasteiger partial charge is 0.157 e. The molecular formula is C12H17N5S. The highest BCUT2D eigenvalue weighted by molar-refractivity contribution is 7.10. The highest BCUT2D eigenvalue weighted by Crippen LogP contribution is 2.33. The minimum atomic E-state index is 0.377. The van der Waals surface area contributed by atoms with Gasteiger partial charge >= 0.3 is 0 Å². The van der Waals surface area contributed by atoms with E-state index in [2.05, 4.69) is 20.2 Å². The van der Waals surface area contributed by atoms with Crippen LogP contribution in [0.5, 0.6) is 0 Å². The van der Waals surface area contributed by atoms with E-state index in [1.165, 1.54) is 43.9 Å². The number of nitrogens with two attached hydrogens (primary N) is 1. The Kier molecular flexibility index (Phi) is 3.10. The molecule has 6 heteroatoms. The van der Waals surface area contributed by atoms with Gasteiger partial charge in [-0.25, -0.2) is 0 Å². The first-order valence-corrected chi connectivity index (χ1v) is 7.21. The van der Waals surface area contributed by atoms with E-state index in [4.69, 9.17) is 11.0 Å². The Labute approximate surface area is 111 Å². The number of hydrogen-bond donors (Lipinski definition) is 1. The molecule has 3 heterocycles. The zero-order chi connectivity index (χ0) is 12.5. The molecule has 0 radical (unpaired) electrons. The zero-order valence-electron chi connectivity index (χ0n) is 10.3. The highest BCUT2D eigenvalue weighted by Gasteiger charge is 2.31. The first-order chi connectivity index (χ1) is 8.79. The lowest BCUT2D eigenvalue weighted by molar-refractivity contribution is 0.260. The molecule has 18 heavy (non-hydrogen) atoms. The van der Waals surface area contributed by atoms with Gasteiger partial charge in [0.15, 0.2) is 5.82 Å². The van der Waals surface area contributed by atoms with E-state index < -0.39 is 0 Å². The summed E-state index contributed by atoms with van der Waals surface area (Å²) in [4.78, 5) is 4.85. The van der Waals surface area contributed by atoms with Crippen molar-refractivity contribution in [2.24, 2.45) is 0 Å². The van der Waals surface area contributed by atoms with Crippen LogP contribution >= 0.6 is 11.5 Å². The minimum Gasteiger partial charge on any atom is -0.382 e. The Morgan fingerprint density at radius 1 is 1.33 bits per heavy atom. The van der Waals surface area contributed by atoms with Gasteiger partial charge < -0.3 is 10.6 Å². The van der Waals surface area contributed by atoms with Gasteiger partial charge in [0.2, 0.25) is 0 Å². The van der Waals surface area contributed by atoms with Crippen molar-refractivity contribution in [1.82, 2.24) is 9.27 Å². The van der Waals surface area contributed by atoms with Crippen LogP contribution in [0.2, 0.25) is 0 Å². The van der Waals surface area contributed by atoms with Crippen LogP contribution in [0.3, 0.4) is 0 Å². The summed E-state index contributed by atoms with van der Waals surface area (Å²) in [5.41, 5.74) is 6.27. The Hall–Kier alpha value is -1.32. The zero-order valence-corrected chi connectivity index (χ0v) is 11.1. The topological polar surface area (TPSA) is 69.2 Å². The number of anilines is 2. The first-order valence-electron chi connectivity index (χ1n) is 6.44. The fourth-order valence-corrected chi connectivity index (χ4v) is 3.74. The Morgan fingerprint density at radius 2 is 2.11 bits per heavy atom. The van der Waals surface area contributed by atoms with Crippen molar-refractivity contribution in [2.75, 3.05) is 36.8 Å². The molecule has 2 aliphatic rings. The van der Waals surface area contributed by atoms with E-state index in [1.807, 2.05) is 0 Å². The molecule has 1 atom stereocenters. The fourth-order valence-electron chi connectivity index (χ4n) is 2.95. The summed E-state index contributed by atoms with van der Waals surface area (Å²) in [6, 6.07) is 2.81. The largest absolute Gasteiger partial charge is 0.382 e. The molecule has 0 saturated carbocycles. The van der Waals surface area contributed by atoms with E-state index in [0.717, 1.165) is 18.1 Å². The number of rotatable bonds is 2. The van der Waals surface area contributed by atoms with Crippen LogP contribution < -0.4 is 10.6 Å². The van der Waals surface area contributed by atoms with Gasteiger partial charge in [0.1, 0.15) is 16.6 Å². The van der Waals surface area contributed by atoms with Crippen LogP contribution in [-0.2, 0) is 0 Å². The van der Waals surface area contributed by atoms with Crippen molar-refractivity contribution < 1.29 is 0 Å². The predicted octanol–water partition coefficient (Wildman–Crippen LogP) is 1.27. The van der Waals surface area contributed by atoms with Gasteiger partial charge in [-0.05, 0) is 43.9 Å². The number of aromatic nitrogens is 1. The van der Waals surface area contributed by atoms with Crippen LogP contribution in [0.1, 0.15) is 24.8 Å². The van der Waals surface area contributed by atoms with Crippen molar-refractivity contribution in [1.29, 1.82) is 5.26 Å². The third-order valence-electron chi connectivity index (χ3n) is 3.92. The molecule has 1 aromatic rings. The molecule has 96 valence electrons. The number of nitrogen functional groups attached to an aromatic ring is 1. The van der Waals surface area contributed by atoms with Crippen molar-refractivity contribution in [3.05, 3.63) is 5.56 Å². The quantitative estimate of drug-likeness (QED) is 0.870. The second-order valence-corrected chi connectivity index (χ2v) is 5.74. The number of likely N-dealkylation sites (tertiary alicyclic amines) is 1. The second kappa shape index (κ2) is 4.75. The Morgan fingerprint density at radius 3 is 2.83 bits per heavy atom. The van der Waals surface area contributed by atoms with E-state index in [1.54, 1.807) is 0 Å². The molecule has 2 saturated heterocycles. The molecule has 0 amide bonds. The molecule has 0 aliphatic carbocycles. The van der Waals surface area contributed by atoms with Gasteiger partial charge in [-0.15, -0.1) is 0 Å². The Bertz CT molecular complexity index is 471. The molecule has 1 unspecified atom stereocenters. The number of nitrogens with zero attached hydrogens (tertiary/aromatic N) is 4. The lowest BCUT2D eigenvalue weighted by atomic mass is 10.2. The maximum absolute atomic E-state index is 9.13. The summed E-state index contributed by atoms with van der Waals surface area (Å²) in [6.07, 6.45) is 3.84. The number of hydrogen-bond acceptors (Lipinski definition) is 6. The lowest BCUT2D eigenvalue weighted by Crippen LogP contribution is -2.35. The molecule has 2 fully saturated rings. The molecule has 1 aromatic heterocycles. The fraction of sp³-hybridized carbons (Fsp3) is 0.667. The third kappa shape index (κ3) is 1.93. The summed E-state index contributed by atoms with van der Waals surface area (Å²) in [7, 11) is 0. The van der Waals surface area contributed by atoms with Crippen molar-refractivity contribution >= 4 is 22.4 Å². The van der Waals surface area contributed by atoms with E-state index in [9.17, 15) is 0 Å². The van der Waals surface area contributed by atoms with Crippen molar-refractivity contribution in [2.45, 2.75) is 25.3 Å². The van der Waals surface area contributed by atoms with Gasteiger partial charge in [0, 0.05) is 19.1 Å².